The lowest BCUT2D eigenvalue weighted by Gasteiger charge is -2.33. The smallest absolute Gasteiger partial charge is 0.326 e. The molecule has 0 aliphatic carbocycles. The number of benzene rings is 1. The summed E-state index contributed by atoms with van der Waals surface area (Å²) in [6.45, 7) is 24.3. The van der Waals surface area contributed by atoms with Gasteiger partial charge in [0.15, 0.2) is 0 Å². The van der Waals surface area contributed by atoms with E-state index in [1.54, 1.807) is 82.2 Å². The molecular formula is C42H69N5O10. The molecule has 0 aliphatic rings. The average molecular weight is 804 g/mol. The Hall–Kier alpha value is -4.53. The summed E-state index contributed by atoms with van der Waals surface area (Å²) in [4.78, 5) is 92.8. The van der Waals surface area contributed by atoms with Gasteiger partial charge in [-0.2, -0.15) is 0 Å². The van der Waals surface area contributed by atoms with Gasteiger partial charge >= 0.3 is 11.9 Å². The Morgan fingerprint density at radius 1 is 0.667 bits per heavy atom. The second-order valence-electron chi connectivity index (χ2n) is 18.4. The molecule has 6 N–H and O–H groups in total. The van der Waals surface area contributed by atoms with Gasteiger partial charge in [0.25, 0.3) is 0 Å². The van der Waals surface area contributed by atoms with Gasteiger partial charge in [0.05, 0.1) is 18.6 Å². The molecule has 0 saturated carbocycles. The van der Waals surface area contributed by atoms with Crippen LogP contribution in [0, 0.1) is 24.2 Å². The number of carboxylic acid groups (broad SMARTS) is 1. The summed E-state index contributed by atoms with van der Waals surface area (Å²) in [7, 11) is 0. The minimum absolute atomic E-state index is 0.0288. The number of aryl methyl sites for hydroxylation is 1. The first-order valence-corrected chi connectivity index (χ1v) is 19.6. The van der Waals surface area contributed by atoms with Gasteiger partial charge in [-0.15, -0.1) is 0 Å². The van der Waals surface area contributed by atoms with E-state index in [4.69, 9.17) is 9.47 Å². The third-order valence-electron chi connectivity index (χ3n) is 8.61. The van der Waals surface area contributed by atoms with E-state index in [0.717, 1.165) is 11.1 Å². The Morgan fingerprint density at radius 2 is 1.23 bits per heavy atom. The van der Waals surface area contributed by atoms with E-state index in [2.05, 4.69) is 26.6 Å². The van der Waals surface area contributed by atoms with Crippen LogP contribution in [0.25, 0.3) is 0 Å². The van der Waals surface area contributed by atoms with Crippen LogP contribution in [0.3, 0.4) is 0 Å². The van der Waals surface area contributed by atoms with Crippen LogP contribution in [-0.2, 0) is 49.5 Å². The molecule has 1 aromatic rings. The molecule has 0 heterocycles. The van der Waals surface area contributed by atoms with Crippen molar-refractivity contribution >= 4 is 41.5 Å². The maximum Gasteiger partial charge on any atom is 0.326 e. The van der Waals surface area contributed by atoms with Gasteiger partial charge < -0.3 is 41.2 Å². The van der Waals surface area contributed by atoms with Crippen LogP contribution in [0.2, 0.25) is 0 Å². The topological polar surface area (TPSA) is 218 Å². The molecule has 0 aliphatic heterocycles. The molecule has 0 spiro atoms. The Labute approximate surface area is 338 Å². The number of hydrogen-bond donors (Lipinski definition) is 6. The van der Waals surface area contributed by atoms with Crippen molar-refractivity contribution < 1.29 is 48.1 Å². The first-order chi connectivity index (χ1) is 26.0. The van der Waals surface area contributed by atoms with E-state index in [9.17, 15) is 38.7 Å². The fourth-order valence-electron chi connectivity index (χ4n) is 5.58. The Balaban J connectivity index is 3.41. The highest BCUT2D eigenvalue weighted by Crippen LogP contribution is 2.21. The average Bonchev–Trinajstić information content (AvgIpc) is 3.04. The molecule has 15 nitrogen and oxygen atoms in total. The van der Waals surface area contributed by atoms with Crippen molar-refractivity contribution in [3.05, 3.63) is 35.4 Å². The number of nitrogens with one attached hydrogen (secondary N) is 5. The molecule has 0 fully saturated rings. The van der Waals surface area contributed by atoms with Crippen LogP contribution in [0.1, 0.15) is 120 Å². The lowest BCUT2D eigenvalue weighted by Crippen LogP contribution is -2.62. The highest BCUT2D eigenvalue weighted by Gasteiger charge is 2.38. The first kappa shape index (κ1) is 50.5. The van der Waals surface area contributed by atoms with Crippen LogP contribution >= 0.6 is 0 Å². The third kappa shape index (κ3) is 19.5. The van der Waals surface area contributed by atoms with Crippen molar-refractivity contribution in [1.29, 1.82) is 0 Å². The highest BCUT2D eigenvalue weighted by atomic mass is 16.6. The van der Waals surface area contributed by atoms with Crippen molar-refractivity contribution in [1.82, 2.24) is 26.6 Å². The SMILES string of the molecule is Cc1ccccc1C[C@H](NC(=O)[C@H](NC(=O)[C@H](COC(C)(C)C)NC(=O)CCC(=O)OC(C)(C)C)C(C)C)C(=O)N[C@H](C(=O)N[C@@H](CC(C)C)C(=O)O)C(C)(C)C. The number of carbonyl (C=O) groups is 7. The predicted octanol–water partition coefficient (Wildman–Crippen LogP) is 3.73. The second kappa shape index (κ2) is 21.8. The molecule has 1 rings (SSSR count). The maximum atomic E-state index is 14.2. The van der Waals surface area contributed by atoms with Gasteiger partial charge in [0.2, 0.25) is 29.5 Å². The number of aliphatic carboxylic acids is 1. The van der Waals surface area contributed by atoms with Gasteiger partial charge in [-0.1, -0.05) is 72.7 Å². The van der Waals surface area contributed by atoms with Crippen LogP contribution in [0.5, 0.6) is 0 Å². The van der Waals surface area contributed by atoms with E-state index in [0.29, 0.717) is 0 Å². The molecule has 0 saturated heterocycles. The molecule has 0 unspecified atom stereocenters. The normalized spacial score (nSPS) is 14.7. The van der Waals surface area contributed by atoms with Crippen molar-refractivity contribution in [3.8, 4) is 0 Å². The Morgan fingerprint density at radius 3 is 1.72 bits per heavy atom. The molecule has 0 radical (unpaired) electrons. The lowest BCUT2D eigenvalue weighted by molar-refractivity contribution is -0.155. The third-order valence-corrected chi connectivity index (χ3v) is 8.61. The van der Waals surface area contributed by atoms with Crippen molar-refractivity contribution in [2.24, 2.45) is 17.3 Å². The van der Waals surface area contributed by atoms with Crippen LogP contribution < -0.4 is 26.6 Å². The van der Waals surface area contributed by atoms with Crippen LogP contribution in [0.15, 0.2) is 24.3 Å². The number of carbonyl (C=O) groups excluding carboxylic acids is 6. The number of esters is 1. The van der Waals surface area contributed by atoms with E-state index in [1.165, 1.54) is 0 Å². The molecule has 322 valence electrons. The zero-order valence-electron chi connectivity index (χ0n) is 36.5. The summed E-state index contributed by atoms with van der Waals surface area (Å²) in [5.74, 6) is -5.70. The van der Waals surface area contributed by atoms with Gasteiger partial charge in [0.1, 0.15) is 35.8 Å². The molecule has 1 aromatic carbocycles. The van der Waals surface area contributed by atoms with Gasteiger partial charge in [-0.25, -0.2) is 4.79 Å². The molecule has 5 amide bonds. The van der Waals surface area contributed by atoms with Gasteiger partial charge in [-0.3, -0.25) is 28.8 Å². The maximum absolute atomic E-state index is 14.2. The van der Waals surface area contributed by atoms with Gasteiger partial charge in [0, 0.05) is 12.8 Å². The van der Waals surface area contributed by atoms with Crippen molar-refractivity contribution in [3.63, 3.8) is 0 Å². The summed E-state index contributed by atoms with van der Waals surface area (Å²) < 4.78 is 11.1. The Kier molecular flexibility index (Phi) is 19.3. The molecule has 0 bridgehead atoms. The summed E-state index contributed by atoms with van der Waals surface area (Å²) in [6, 6.07) is 1.29. The largest absolute Gasteiger partial charge is 0.480 e. The van der Waals surface area contributed by atoms with E-state index in [1.807, 2.05) is 39.0 Å². The zero-order valence-corrected chi connectivity index (χ0v) is 36.5. The summed E-state index contributed by atoms with van der Waals surface area (Å²) in [5, 5.41) is 23.2. The van der Waals surface area contributed by atoms with E-state index >= 15 is 0 Å². The summed E-state index contributed by atoms with van der Waals surface area (Å²) >= 11 is 0. The fraction of sp³-hybridized carbons (Fsp3) is 0.690. The minimum atomic E-state index is -1.24. The highest BCUT2D eigenvalue weighted by molar-refractivity contribution is 5.96. The van der Waals surface area contributed by atoms with Crippen molar-refractivity contribution in [2.75, 3.05) is 6.61 Å². The Bertz CT molecular complexity index is 1550. The van der Waals surface area contributed by atoms with Crippen LogP contribution in [0.4, 0.5) is 0 Å². The second-order valence-corrected chi connectivity index (χ2v) is 18.4. The first-order valence-electron chi connectivity index (χ1n) is 19.6. The monoisotopic (exact) mass is 804 g/mol. The van der Waals surface area contributed by atoms with Gasteiger partial charge in [-0.05, 0) is 83.3 Å². The number of rotatable bonds is 20. The van der Waals surface area contributed by atoms with E-state index in [-0.39, 0.29) is 38.2 Å². The standard InChI is InChI=1S/C42H69N5O10/c1-24(2)21-29(39(54)55)45-38(53)34(40(6,7)8)47-35(50)28(22-27-18-16-15-17-26(27)5)44-37(52)33(25(3)4)46-36(51)30(23-56-41(9,10)11)43-31(48)19-20-32(49)57-42(12,13)14/h15-18,24-25,28-30,33-34H,19-23H2,1-14H3,(H,43,48)(H,44,52)(H,45,53)(H,46,51)(H,47,50)(H,54,55)/t28-,29-,30-,33+,34+/m0/s1. The predicted molar refractivity (Wildman–Crippen MR) is 217 cm³/mol. The van der Waals surface area contributed by atoms with Crippen molar-refractivity contribution in [2.45, 2.75) is 164 Å². The quantitative estimate of drug-likeness (QED) is 0.105. The number of carboxylic acids is 1. The molecule has 15 heteroatoms. The summed E-state index contributed by atoms with van der Waals surface area (Å²) in [5.41, 5.74) is -0.685. The number of ether oxygens (including phenoxy) is 2. The lowest BCUT2D eigenvalue weighted by atomic mass is 9.85. The molecule has 57 heavy (non-hydrogen) atoms. The van der Waals surface area contributed by atoms with Crippen LogP contribution in [-0.4, -0.2) is 94.6 Å². The molecular weight excluding hydrogens is 734 g/mol. The number of hydrogen-bond acceptors (Lipinski definition) is 9. The fourth-order valence-corrected chi connectivity index (χ4v) is 5.58. The van der Waals surface area contributed by atoms with E-state index < -0.39 is 94.2 Å². The zero-order chi connectivity index (χ0) is 44.1. The summed E-state index contributed by atoms with van der Waals surface area (Å²) in [6.07, 6.45) is -0.253. The number of amides is 5. The molecule has 5 atom stereocenters. The molecule has 0 aromatic heterocycles. The minimum Gasteiger partial charge on any atom is -0.480 e.